The minimum atomic E-state index is -0.156. The number of hydrogen-bond acceptors (Lipinski definition) is 3. The molecule has 0 aliphatic heterocycles. The van der Waals surface area contributed by atoms with Crippen LogP contribution in [0.25, 0.3) is 11.0 Å². The topological polar surface area (TPSA) is 56.2 Å². The van der Waals surface area contributed by atoms with Gasteiger partial charge in [0.05, 0.1) is 17.6 Å². The number of aryl methyl sites for hydroxylation is 1. The van der Waals surface area contributed by atoms with Crippen LogP contribution < -0.4 is 10.1 Å². The van der Waals surface area contributed by atoms with Gasteiger partial charge >= 0.3 is 0 Å². The van der Waals surface area contributed by atoms with Crippen LogP contribution in [0.1, 0.15) is 26.1 Å². The molecule has 0 aliphatic rings. The van der Waals surface area contributed by atoms with Crippen molar-refractivity contribution in [1.82, 2.24) is 14.9 Å². The summed E-state index contributed by atoms with van der Waals surface area (Å²) in [6.07, 6.45) is 1.07. The fraction of sp³-hybridized carbons (Fsp3) is 0.333. The second-order valence-corrected chi connectivity index (χ2v) is 6.73. The largest absolute Gasteiger partial charge is 0.484 e. The summed E-state index contributed by atoms with van der Waals surface area (Å²) >= 11 is 0. The molecule has 2 aromatic carbocycles. The van der Waals surface area contributed by atoms with Gasteiger partial charge in [0.25, 0.3) is 5.91 Å². The van der Waals surface area contributed by atoms with E-state index in [-0.39, 0.29) is 12.5 Å². The van der Waals surface area contributed by atoms with Gasteiger partial charge in [-0.15, -0.1) is 0 Å². The Bertz CT molecular complexity index is 856. The molecule has 3 rings (SSSR count). The lowest BCUT2D eigenvalue weighted by atomic mass is 10.1. The van der Waals surface area contributed by atoms with Crippen molar-refractivity contribution in [1.29, 1.82) is 0 Å². The average molecular weight is 351 g/mol. The molecule has 1 aromatic heterocycles. The van der Waals surface area contributed by atoms with E-state index in [1.165, 1.54) is 0 Å². The first-order chi connectivity index (χ1) is 12.6. The highest BCUT2D eigenvalue weighted by Crippen LogP contribution is 2.18. The predicted octanol–water partition coefficient (Wildman–Crippen LogP) is 3.78. The Labute approximate surface area is 154 Å². The van der Waals surface area contributed by atoms with E-state index < -0.39 is 0 Å². The first-order valence-electron chi connectivity index (χ1n) is 9.02. The molecule has 3 aromatic rings. The Morgan fingerprint density at radius 2 is 1.85 bits per heavy atom. The summed E-state index contributed by atoms with van der Waals surface area (Å²) in [7, 11) is 0. The molecular formula is C21H25N3O2. The quantitative estimate of drug-likeness (QED) is 0.672. The smallest absolute Gasteiger partial charge is 0.258 e. The first kappa shape index (κ1) is 18.0. The lowest BCUT2D eigenvalue weighted by Gasteiger charge is -2.12. The SMILES string of the molecule is CC(C)CCn1c(CNC(=O)COc2ccccc2)nc2ccccc21. The van der Waals surface area contributed by atoms with Gasteiger partial charge in [-0.3, -0.25) is 4.79 Å². The summed E-state index contributed by atoms with van der Waals surface area (Å²) in [5.41, 5.74) is 2.07. The molecule has 5 nitrogen and oxygen atoms in total. The number of nitrogens with one attached hydrogen (secondary N) is 1. The van der Waals surface area contributed by atoms with Crippen molar-refractivity contribution in [2.24, 2.45) is 5.92 Å². The van der Waals surface area contributed by atoms with E-state index in [2.05, 4.69) is 34.8 Å². The van der Waals surface area contributed by atoms with Crippen LogP contribution in [-0.4, -0.2) is 22.1 Å². The molecule has 0 fully saturated rings. The second-order valence-electron chi connectivity index (χ2n) is 6.73. The third-order valence-electron chi connectivity index (χ3n) is 4.22. The number of ether oxygens (including phenoxy) is 1. The Hall–Kier alpha value is -2.82. The van der Waals surface area contributed by atoms with Gasteiger partial charge in [-0.05, 0) is 36.6 Å². The molecule has 0 saturated heterocycles. The number of hydrogen-bond donors (Lipinski definition) is 1. The summed E-state index contributed by atoms with van der Waals surface area (Å²) in [6.45, 7) is 5.70. The Morgan fingerprint density at radius 1 is 1.12 bits per heavy atom. The van der Waals surface area contributed by atoms with Crippen molar-refractivity contribution >= 4 is 16.9 Å². The van der Waals surface area contributed by atoms with Crippen molar-refractivity contribution in [3.8, 4) is 5.75 Å². The zero-order chi connectivity index (χ0) is 18.4. The fourth-order valence-corrected chi connectivity index (χ4v) is 2.79. The molecule has 0 radical (unpaired) electrons. The third-order valence-corrected chi connectivity index (χ3v) is 4.22. The lowest BCUT2D eigenvalue weighted by molar-refractivity contribution is -0.123. The molecule has 26 heavy (non-hydrogen) atoms. The number of amides is 1. The average Bonchev–Trinajstić information content (AvgIpc) is 3.01. The van der Waals surface area contributed by atoms with Gasteiger partial charge < -0.3 is 14.6 Å². The summed E-state index contributed by atoms with van der Waals surface area (Å²) in [5, 5.41) is 2.91. The normalized spacial score (nSPS) is 11.0. The second kappa shape index (κ2) is 8.52. The number of para-hydroxylation sites is 3. The number of fused-ring (bicyclic) bond motifs is 1. The van der Waals surface area contributed by atoms with E-state index in [0.717, 1.165) is 29.8 Å². The molecule has 0 spiro atoms. The van der Waals surface area contributed by atoms with E-state index >= 15 is 0 Å². The highest BCUT2D eigenvalue weighted by atomic mass is 16.5. The maximum Gasteiger partial charge on any atom is 0.258 e. The third kappa shape index (κ3) is 4.63. The van der Waals surface area contributed by atoms with E-state index in [0.29, 0.717) is 18.2 Å². The minimum absolute atomic E-state index is 0.00373. The van der Waals surface area contributed by atoms with Crippen molar-refractivity contribution in [3.63, 3.8) is 0 Å². The molecule has 0 unspecified atom stereocenters. The number of benzene rings is 2. The van der Waals surface area contributed by atoms with Crippen molar-refractivity contribution in [3.05, 3.63) is 60.4 Å². The fourth-order valence-electron chi connectivity index (χ4n) is 2.79. The minimum Gasteiger partial charge on any atom is -0.484 e. The maximum atomic E-state index is 12.1. The summed E-state index contributed by atoms with van der Waals surface area (Å²) in [4.78, 5) is 16.8. The van der Waals surface area contributed by atoms with Crippen molar-refractivity contribution < 1.29 is 9.53 Å². The summed E-state index contributed by atoms with van der Waals surface area (Å²) in [6, 6.07) is 17.4. The Balaban J connectivity index is 1.64. The van der Waals surface area contributed by atoms with Gasteiger partial charge in [0.1, 0.15) is 11.6 Å². The summed E-state index contributed by atoms with van der Waals surface area (Å²) in [5.74, 6) is 2.01. The molecule has 5 heteroatoms. The van der Waals surface area contributed by atoms with E-state index in [1.807, 2.05) is 48.5 Å². The predicted molar refractivity (Wildman–Crippen MR) is 103 cm³/mol. The number of nitrogens with zero attached hydrogens (tertiary/aromatic N) is 2. The zero-order valence-corrected chi connectivity index (χ0v) is 15.3. The van der Waals surface area contributed by atoms with Gasteiger partial charge in [0.2, 0.25) is 0 Å². The summed E-state index contributed by atoms with van der Waals surface area (Å²) < 4.78 is 7.69. The molecule has 1 amide bonds. The van der Waals surface area contributed by atoms with E-state index in [4.69, 9.17) is 4.74 Å². The van der Waals surface area contributed by atoms with Crippen LogP contribution in [0.4, 0.5) is 0 Å². The number of aromatic nitrogens is 2. The van der Waals surface area contributed by atoms with Gasteiger partial charge in [0.15, 0.2) is 6.61 Å². The molecule has 136 valence electrons. The van der Waals surface area contributed by atoms with Crippen LogP contribution in [0.3, 0.4) is 0 Å². The molecular weight excluding hydrogens is 326 g/mol. The van der Waals surface area contributed by atoms with Crippen LogP contribution in [0.2, 0.25) is 0 Å². The van der Waals surface area contributed by atoms with Gasteiger partial charge in [-0.2, -0.15) is 0 Å². The van der Waals surface area contributed by atoms with Crippen LogP contribution in [0.15, 0.2) is 54.6 Å². The van der Waals surface area contributed by atoms with E-state index in [9.17, 15) is 4.79 Å². The highest BCUT2D eigenvalue weighted by molar-refractivity contribution is 5.78. The molecule has 1 N–H and O–H groups in total. The Kier molecular flexibility index (Phi) is 5.89. The van der Waals surface area contributed by atoms with Crippen LogP contribution in [-0.2, 0) is 17.9 Å². The van der Waals surface area contributed by atoms with Crippen LogP contribution in [0, 0.1) is 5.92 Å². The molecule has 0 saturated carbocycles. The van der Waals surface area contributed by atoms with Crippen molar-refractivity contribution in [2.45, 2.75) is 33.4 Å². The lowest BCUT2D eigenvalue weighted by Crippen LogP contribution is -2.29. The molecule has 0 aliphatic carbocycles. The Morgan fingerprint density at radius 3 is 2.62 bits per heavy atom. The van der Waals surface area contributed by atoms with Gasteiger partial charge in [-0.25, -0.2) is 4.98 Å². The number of carbonyl (C=O) groups is 1. The standard InChI is InChI=1S/C21H25N3O2/c1-16(2)12-13-24-19-11-7-6-10-18(19)23-20(24)14-22-21(25)15-26-17-8-4-3-5-9-17/h3-11,16H,12-15H2,1-2H3,(H,22,25). The maximum absolute atomic E-state index is 12.1. The van der Waals surface area contributed by atoms with Gasteiger partial charge in [-0.1, -0.05) is 44.2 Å². The van der Waals surface area contributed by atoms with Gasteiger partial charge in [0, 0.05) is 6.54 Å². The van der Waals surface area contributed by atoms with E-state index in [1.54, 1.807) is 0 Å². The number of carbonyl (C=O) groups excluding carboxylic acids is 1. The highest BCUT2D eigenvalue weighted by Gasteiger charge is 2.12. The number of rotatable bonds is 8. The zero-order valence-electron chi connectivity index (χ0n) is 15.3. The number of imidazole rings is 1. The van der Waals surface area contributed by atoms with Crippen LogP contribution in [0.5, 0.6) is 5.75 Å². The monoisotopic (exact) mass is 351 g/mol. The molecule has 0 bridgehead atoms. The molecule has 1 heterocycles. The van der Waals surface area contributed by atoms with Crippen LogP contribution >= 0.6 is 0 Å². The molecule has 0 atom stereocenters. The first-order valence-corrected chi connectivity index (χ1v) is 9.02. The van der Waals surface area contributed by atoms with Crippen molar-refractivity contribution in [2.75, 3.05) is 6.61 Å².